The Hall–Kier alpha value is -1.14. The third-order valence-corrected chi connectivity index (χ3v) is 5.40. The number of hydrogen-bond donors (Lipinski definition) is 0. The summed E-state index contributed by atoms with van der Waals surface area (Å²) in [5, 5.41) is 0. The average Bonchev–Trinajstić information content (AvgIpc) is 2.91. The van der Waals surface area contributed by atoms with Crippen LogP contribution in [0.15, 0.2) is 0 Å². The zero-order chi connectivity index (χ0) is 17.0. The molecule has 2 aliphatic rings. The summed E-state index contributed by atoms with van der Waals surface area (Å²) in [5.41, 5.74) is 0. The standard InChI is InChI=1S/C17H31N3O3/c1-5-13(6-2)15(20-9-11-23-12-10-20)17(22)19(4)14-7-8-18(3)16(14)21/h13-15H,5-12H2,1-4H3/t14-,15+/m1/s1. The number of likely N-dealkylation sites (tertiary alicyclic amines) is 1. The van der Waals surface area contributed by atoms with Crippen molar-refractivity contribution in [2.24, 2.45) is 5.92 Å². The molecule has 2 rings (SSSR count). The maximum absolute atomic E-state index is 13.2. The van der Waals surface area contributed by atoms with Crippen molar-refractivity contribution in [3.63, 3.8) is 0 Å². The molecule has 0 aromatic heterocycles. The van der Waals surface area contributed by atoms with E-state index < -0.39 is 0 Å². The molecule has 2 saturated heterocycles. The molecule has 6 heteroatoms. The Morgan fingerprint density at radius 1 is 1.26 bits per heavy atom. The maximum atomic E-state index is 13.2. The van der Waals surface area contributed by atoms with Crippen LogP contribution in [-0.2, 0) is 14.3 Å². The Kier molecular flexibility index (Phi) is 6.41. The number of rotatable bonds is 6. The molecule has 0 N–H and O–H groups in total. The van der Waals surface area contributed by atoms with Crippen molar-refractivity contribution in [1.29, 1.82) is 0 Å². The third-order valence-electron chi connectivity index (χ3n) is 5.40. The van der Waals surface area contributed by atoms with E-state index in [1.54, 1.807) is 23.9 Å². The SMILES string of the molecule is CCC(CC)[C@@H](C(=O)N(C)[C@@H]1CCN(C)C1=O)N1CCOCC1. The average molecular weight is 325 g/mol. The van der Waals surface area contributed by atoms with Gasteiger partial charge in [0.1, 0.15) is 6.04 Å². The number of likely N-dealkylation sites (N-methyl/N-ethyl adjacent to an activating group) is 2. The van der Waals surface area contributed by atoms with Gasteiger partial charge < -0.3 is 14.5 Å². The first-order valence-corrected chi connectivity index (χ1v) is 8.84. The second-order valence-electron chi connectivity index (χ2n) is 6.68. The quantitative estimate of drug-likeness (QED) is 0.725. The van der Waals surface area contributed by atoms with Gasteiger partial charge in [-0.1, -0.05) is 26.7 Å². The summed E-state index contributed by atoms with van der Waals surface area (Å²) in [5.74, 6) is 0.470. The van der Waals surface area contributed by atoms with Gasteiger partial charge in [0.25, 0.3) is 0 Å². The lowest BCUT2D eigenvalue weighted by Crippen LogP contribution is -2.57. The minimum absolute atomic E-state index is 0.0612. The first-order chi connectivity index (χ1) is 11.0. The lowest BCUT2D eigenvalue weighted by atomic mass is 9.91. The number of carbonyl (C=O) groups is 2. The lowest BCUT2D eigenvalue weighted by molar-refractivity contribution is -0.147. The van der Waals surface area contributed by atoms with Crippen LogP contribution in [0.1, 0.15) is 33.1 Å². The highest BCUT2D eigenvalue weighted by molar-refractivity contribution is 5.91. The Balaban J connectivity index is 2.16. The molecule has 0 bridgehead atoms. The van der Waals surface area contributed by atoms with Crippen molar-refractivity contribution < 1.29 is 14.3 Å². The minimum atomic E-state index is -0.301. The Morgan fingerprint density at radius 2 is 1.87 bits per heavy atom. The van der Waals surface area contributed by atoms with Crippen LogP contribution in [0.2, 0.25) is 0 Å². The Bertz CT molecular complexity index is 419. The van der Waals surface area contributed by atoms with Gasteiger partial charge in [0.05, 0.1) is 19.3 Å². The number of amides is 2. The van der Waals surface area contributed by atoms with Gasteiger partial charge in [-0.3, -0.25) is 14.5 Å². The van der Waals surface area contributed by atoms with Gasteiger partial charge in [-0.05, 0) is 12.3 Å². The number of ether oxygens (including phenoxy) is 1. The molecular formula is C17H31N3O3. The van der Waals surface area contributed by atoms with Crippen LogP contribution < -0.4 is 0 Å². The normalized spacial score (nSPS) is 24.3. The molecule has 2 atom stereocenters. The number of nitrogens with zero attached hydrogens (tertiary/aromatic N) is 3. The van der Waals surface area contributed by atoms with Gasteiger partial charge in [-0.15, -0.1) is 0 Å². The van der Waals surface area contributed by atoms with Gasteiger partial charge in [-0.25, -0.2) is 0 Å². The third kappa shape index (κ3) is 3.86. The van der Waals surface area contributed by atoms with E-state index in [1.165, 1.54) is 0 Å². The highest BCUT2D eigenvalue weighted by Crippen LogP contribution is 2.24. The van der Waals surface area contributed by atoms with Crippen LogP contribution in [0.5, 0.6) is 0 Å². The Morgan fingerprint density at radius 3 is 2.35 bits per heavy atom. The summed E-state index contributed by atoms with van der Waals surface area (Å²) in [6.45, 7) is 7.96. The maximum Gasteiger partial charge on any atom is 0.245 e. The van der Waals surface area contributed by atoms with E-state index in [9.17, 15) is 9.59 Å². The lowest BCUT2D eigenvalue weighted by Gasteiger charge is -2.40. The summed E-state index contributed by atoms with van der Waals surface area (Å²) in [7, 11) is 3.60. The van der Waals surface area contributed by atoms with E-state index >= 15 is 0 Å². The molecule has 0 radical (unpaired) electrons. The second-order valence-corrected chi connectivity index (χ2v) is 6.68. The molecule has 0 unspecified atom stereocenters. The molecule has 23 heavy (non-hydrogen) atoms. The van der Waals surface area contributed by atoms with Gasteiger partial charge in [0.15, 0.2) is 0 Å². The fourth-order valence-electron chi connectivity index (χ4n) is 3.77. The summed E-state index contributed by atoms with van der Waals surface area (Å²) in [6, 6.07) is -0.442. The molecule has 2 fully saturated rings. The summed E-state index contributed by atoms with van der Waals surface area (Å²) >= 11 is 0. The molecule has 0 aliphatic carbocycles. The molecule has 0 saturated carbocycles. The fraction of sp³-hybridized carbons (Fsp3) is 0.882. The number of hydrogen-bond acceptors (Lipinski definition) is 4. The van der Waals surface area contributed by atoms with Gasteiger partial charge >= 0.3 is 0 Å². The summed E-state index contributed by atoms with van der Waals surface area (Å²) in [4.78, 5) is 31.1. The molecule has 2 heterocycles. The van der Waals surface area contributed by atoms with Gasteiger partial charge in [0.2, 0.25) is 11.8 Å². The van der Waals surface area contributed by atoms with Crippen LogP contribution >= 0.6 is 0 Å². The van der Waals surface area contributed by atoms with E-state index in [0.29, 0.717) is 19.1 Å². The van der Waals surface area contributed by atoms with Crippen molar-refractivity contribution in [3.05, 3.63) is 0 Å². The first kappa shape index (κ1) is 18.2. The van der Waals surface area contributed by atoms with Crippen molar-refractivity contribution in [1.82, 2.24) is 14.7 Å². The van der Waals surface area contributed by atoms with E-state index in [4.69, 9.17) is 4.74 Å². The van der Waals surface area contributed by atoms with Crippen molar-refractivity contribution in [2.45, 2.75) is 45.2 Å². The zero-order valence-corrected chi connectivity index (χ0v) is 15.0. The smallest absolute Gasteiger partial charge is 0.245 e. The molecule has 2 aliphatic heterocycles. The van der Waals surface area contributed by atoms with Crippen molar-refractivity contribution in [2.75, 3.05) is 46.9 Å². The van der Waals surface area contributed by atoms with Gasteiger partial charge in [-0.2, -0.15) is 0 Å². The van der Waals surface area contributed by atoms with Crippen LogP contribution in [0, 0.1) is 5.92 Å². The minimum Gasteiger partial charge on any atom is -0.379 e. The first-order valence-electron chi connectivity index (χ1n) is 8.84. The van der Waals surface area contributed by atoms with Crippen molar-refractivity contribution in [3.8, 4) is 0 Å². The second kappa shape index (κ2) is 8.11. The van der Waals surface area contributed by atoms with Crippen LogP contribution in [-0.4, -0.2) is 85.5 Å². The van der Waals surface area contributed by atoms with Crippen LogP contribution in [0.25, 0.3) is 0 Å². The van der Waals surface area contributed by atoms with E-state index in [1.807, 2.05) is 0 Å². The Labute approximate surface area is 139 Å². The predicted molar refractivity (Wildman–Crippen MR) is 89.1 cm³/mol. The molecule has 0 aromatic rings. The van der Waals surface area contributed by atoms with Crippen LogP contribution in [0.3, 0.4) is 0 Å². The highest BCUT2D eigenvalue weighted by Gasteiger charge is 2.40. The van der Waals surface area contributed by atoms with E-state index in [-0.39, 0.29) is 23.9 Å². The molecular weight excluding hydrogens is 294 g/mol. The predicted octanol–water partition coefficient (Wildman–Crippen LogP) is 0.813. The number of morpholine rings is 1. The van der Waals surface area contributed by atoms with Crippen LogP contribution in [0.4, 0.5) is 0 Å². The van der Waals surface area contributed by atoms with E-state index in [2.05, 4.69) is 18.7 Å². The summed E-state index contributed by atoms with van der Waals surface area (Å²) in [6.07, 6.45) is 2.67. The monoisotopic (exact) mass is 325 g/mol. The topological polar surface area (TPSA) is 53.1 Å². The number of carbonyl (C=O) groups excluding carboxylic acids is 2. The fourth-order valence-corrected chi connectivity index (χ4v) is 3.77. The van der Waals surface area contributed by atoms with Crippen molar-refractivity contribution >= 4 is 11.8 Å². The highest BCUT2D eigenvalue weighted by atomic mass is 16.5. The molecule has 0 aromatic carbocycles. The molecule has 132 valence electrons. The zero-order valence-electron chi connectivity index (χ0n) is 15.0. The van der Waals surface area contributed by atoms with Gasteiger partial charge in [0, 0.05) is 33.7 Å². The molecule has 6 nitrogen and oxygen atoms in total. The molecule has 0 spiro atoms. The summed E-state index contributed by atoms with van der Waals surface area (Å²) < 4.78 is 5.44. The largest absolute Gasteiger partial charge is 0.379 e. The van der Waals surface area contributed by atoms with E-state index in [0.717, 1.165) is 38.9 Å². The molecule has 2 amide bonds.